The van der Waals surface area contributed by atoms with Gasteiger partial charge in [0.25, 0.3) is 0 Å². The van der Waals surface area contributed by atoms with Crippen LogP contribution in [-0.4, -0.2) is 23.0 Å². The van der Waals surface area contributed by atoms with Crippen molar-refractivity contribution >= 4 is 11.8 Å². The first-order valence-corrected chi connectivity index (χ1v) is 7.13. The van der Waals surface area contributed by atoms with Gasteiger partial charge in [0, 0.05) is 5.75 Å². The largest absolute Gasteiger partial charge is 0.448 e. The van der Waals surface area contributed by atoms with Crippen LogP contribution in [0.1, 0.15) is 37.8 Å². The fourth-order valence-corrected chi connectivity index (χ4v) is 3.30. The minimum atomic E-state index is 0.143. The summed E-state index contributed by atoms with van der Waals surface area (Å²) in [6.45, 7) is 2.98. The molecule has 0 saturated carbocycles. The standard InChI is InChI=1S/C12H20N2OS/c1-12(5-3-7-16-9-12)11-14-10(8-15-11)4-2-6-13/h8H,2-7,9,13H2,1H3. The van der Waals surface area contributed by atoms with Gasteiger partial charge < -0.3 is 10.2 Å². The molecule has 2 N–H and O–H groups in total. The number of thioether (sulfide) groups is 1. The van der Waals surface area contributed by atoms with Gasteiger partial charge in [-0.2, -0.15) is 11.8 Å². The van der Waals surface area contributed by atoms with Gasteiger partial charge in [0.1, 0.15) is 6.26 Å². The lowest BCUT2D eigenvalue weighted by molar-refractivity contribution is 0.348. The molecule has 0 aliphatic carbocycles. The highest BCUT2D eigenvalue weighted by Crippen LogP contribution is 2.36. The predicted octanol–water partition coefficient (Wildman–Crippen LogP) is 2.35. The number of nitrogens with two attached hydrogens (primary N) is 1. The topological polar surface area (TPSA) is 52.0 Å². The normalized spacial score (nSPS) is 25.9. The Balaban J connectivity index is 2.05. The molecule has 1 fully saturated rings. The second-order valence-corrected chi connectivity index (χ2v) is 5.86. The lowest BCUT2D eigenvalue weighted by atomic mass is 9.87. The zero-order valence-corrected chi connectivity index (χ0v) is 10.7. The number of nitrogens with zero attached hydrogens (tertiary/aromatic N) is 1. The van der Waals surface area contributed by atoms with Crippen LogP contribution in [0.4, 0.5) is 0 Å². The van der Waals surface area contributed by atoms with Crippen LogP contribution in [0.2, 0.25) is 0 Å². The molecule has 1 unspecified atom stereocenters. The second kappa shape index (κ2) is 5.23. The van der Waals surface area contributed by atoms with Crippen molar-refractivity contribution in [2.45, 2.75) is 38.0 Å². The monoisotopic (exact) mass is 240 g/mol. The van der Waals surface area contributed by atoms with E-state index in [0.29, 0.717) is 0 Å². The first-order chi connectivity index (χ1) is 7.74. The van der Waals surface area contributed by atoms with E-state index in [9.17, 15) is 0 Å². The zero-order valence-electron chi connectivity index (χ0n) is 9.87. The second-order valence-electron chi connectivity index (χ2n) is 4.75. The van der Waals surface area contributed by atoms with Crippen molar-refractivity contribution < 1.29 is 4.42 Å². The number of oxazole rings is 1. The van der Waals surface area contributed by atoms with Gasteiger partial charge in [0.15, 0.2) is 0 Å². The van der Waals surface area contributed by atoms with Gasteiger partial charge in [-0.15, -0.1) is 0 Å². The zero-order chi connectivity index (χ0) is 11.4. The Bertz CT molecular complexity index is 332. The van der Waals surface area contributed by atoms with Crippen LogP contribution >= 0.6 is 11.8 Å². The van der Waals surface area contributed by atoms with Crippen molar-refractivity contribution in [3.05, 3.63) is 17.8 Å². The molecular formula is C12H20N2OS. The molecule has 3 nitrogen and oxygen atoms in total. The average molecular weight is 240 g/mol. The van der Waals surface area contributed by atoms with E-state index in [1.807, 2.05) is 11.8 Å². The van der Waals surface area contributed by atoms with Gasteiger partial charge in [-0.1, -0.05) is 6.92 Å². The molecule has 0 bridgehead atoms. The molecule has 0 radical (unpaired) electrons. The maximum Gasteiger partial charge on any atom is 0.200 e. The third kappa shape index (κ3) is 2.61. The van der Waals surface area contributed by atoms with E-state index < -0.39 is 0 Å². The SMILES string of the molecule is CC1(c2nc(CCCN)co2)CCCSC1. The Morgan fingerprint density at radius 1 is 1.62 bits per heavy atom. The molecule has 1 aromatic heterocycles. The summed E-state index contributed by atoms with van der Waals surface area (Å²) in [5.41, 5.74) is 6.69. The lowest BCUT2D eigenvalue weighted by Gasteiger charge is -2.29. The van der Waals surface area contributed by atoms with E-state index in [-0.39, 0.29) is 5.41 Å². The number of hydrogen-bond donors (Lipinski definition) is 1. The molecule has 1 atom stereocenters. The molecule has 1 aromatic rings. The van der Waals surface area contributed by atoms with Crippen molar-refractivity contribution in [3.8, 4) is 0 Å². The van der Waals surface area contributed by atoms with E-state index in [1.54, 1.807) is 6.26 Å². The summed E-state index contributed by atoms with van der Waals surface area (Å²) in [5, 5.41) is 0. The maximum absolute atomic E-state index is 5.64. The van der Waals surface area contributed by atoms with E-state index in [2.05, 4.69) is 11.9 Å². The van der Waals surface area contributed by atoms with Crippen LogP contribution in [0, 0.1) is 0 Å². The van der Waals surface area contributed by atoms with Crippen LogP contribution in [-0.2, 0) is 11.8 Å². The fourth-order valence-electron chi connectivity index (χ4n) is 2.08. The van der Waals surface area contributed by atoms with Crippen LogP contribution < -0.4 is 5.73 Å². The van der Waals surface area contributed by atoms with Gasteiger partial charge in [-0.05, 0) is 38.0 Å². The smallest absolute Gasteiger partial charge is 0.200 e. The van der Waals surface area contributed by atoms with E-state index in [4.69, 9.17) is 10.2 Å². The van der Waals surface area contributed by atoms with Crippen LogP contribution in [0.3, 0.4) is 0 Å². The number of rotatable bonds is 4. The Hall–Kier alpha value is -0.480. The molecule has 2 rings (SSSR count). The molecule has 4 heteroatoms. The third-order valence-electron chi connectivity index (χ3n) is 3.14. The maximum atomic E-state index is 5.64. The highest BCUT2D eigenvalue weighted by molar-refractivity contribution is 7.99. The van der Waals surface area contributed by atoms with Crippen LogP contribution in [0.25, 0.3) is 0 Å². The summed E-state index contributed by atoms with van der Waals surface area (Å²) in [6.07, 6.45) is 6.18. The number of hydrogen-bond acceptors (Lipinski definition) is 4. The molecule has 90 valence electrons. The van der Waals surface area contributed by atoms with Gasteiger partial charge in [-0.3, -0.25) is 0 Å². The Kier molecular flexibility index (Phi) is 3.92. The minimum Gasteiger partial charge on any atom is -0.448 e. The van der Waals surface area contributed by atoms with E-state index in [1.165, 1.54) is 18.6 Å². The van der Waals surface area contributed by atoms with Gasteiger partial charge in [0.05, 0.1) is 11.1 Å². The molecule has 0 aromatic carbocycles. The van der Waals surface area contributed by atoms with Crippen molar-refractivity contribution in [1.82, 2.24) is 4.98 Å². The van der Waals surface area contributed by atoms with Crippen molar-refractivity contribution in [2.24, 2.45) is 5.73 Å². The van der Waals surface area contributed by atoms with Gasteiger partial charge in [-0.25, -0.2) is 4.98 Å². The Morgan fingerprint density at radius 2 is 2.50 bits per heavy atom. The number of aryl methyl sites for hydroxylation is 1. The third-order valence-corrected chi connectivity index (χ3v) is 4.56. The van der Waals surface area contributed by atoms with Crippen molar-refractivity contribution in [2.75, 3.05) is 18.1 Å². The summed E-state index contributed by atoms with van der Waals surface area (Å²) in [6, 6.07) is 0. The highest BCUT2D eigenvalue weighted by Gasteiger charge is 2.33. The summed E-state index contributed by atoms with van der Waals surface area (Å²) in [5.74, 6) is 3.33. The molecule has 1 aliphatic heterocycles. The summed E-state index contributed by atoms with van der Waals surface area (Å²) in [4.78, 5) is 4.61. The lowest BCUT2D eigenvalue weighted by Crippen LogP contribution is -2.29. The minimum absolute atomic E-state index is 0.143. The number of aromatic nitrogens is 1. The molecule has 16 heavy (non-hydrogen) atoms. The van der Waals surface area contributed by atoms with Crippen LogP contribution in [0.15, 0.2) is 10.7 Å². The van der Waals surface area contributed by atoms with Gasteiger partial charge in [0.2, 0.25) is 5.89 Å². The predicted molar refractivity (Wildman–Crippen MR) is 67.8 cm³/mol. The van der Waals surface area contributed by atoms with E-state index in [0.717, 1.165) is 36.7 Å². The van der Waals surface area contributed by atoms with E-state index >= 15 is 0 Å². The average Bonchev–Trinajstić information content (AvgIpc) is 2.77. The Morgan fingerprint density at radius 3 is 3.19 bits per heavy atom. The molecule has 0 amide bonds. The van der Waals surface area contributed by atoms with Crippen LogP contribution in [0.5, 0.6) is 0 Å². The molecule has 2 heterocycles. The Labute approximate surface area is 101 Å². The molecule has 1 saturated heterocycles. The fraction of sp³-hybridized carbons (Fsp3) is 0.750. The van der Waals surface area contributed by atoms with Crippen molar-refractivity contribution in [1.29, 1.82) is 0 Å². The first kappa shape index (κ1) is 12.0. The van der Waals surface area contributed by atoms with Crippen molar-refractivity contribution in [3.63, 3.8) is 0 Å². The summed E-state index contributed by atoms with van der Waals surface area (Å²) < 4.78 is 5.64. The van der Waals surface area contributed by atoms with Gasteiger partial charge >= 0.3 is 0 Å². The molecular weight excluding hydrogens is 220 g/mol. The molecule has 1 aliphatic rings. The molecule has 0 spiro atoms. The first-order valence-electron chi connectivity index (χ1n) is 5.97. The summed E-state index contributed by atoms with van der Waals surface area (Å²) in [7, 11) is 0. The highest BCUT2D eigenvalue weighted by atomic mass is 32.2. The quantitative estimate of drug-likeness (QED) is 0.877. The summed E-state index contributed by atoms with van der Waals surface area (Å²) >= 11 is 2.00.